The molecule has 0 aliphatic rings. The van der Waals surface area contributed by atoms with Gasteiger partial charge in [0, 0.05) is 39.8 Å². The Bertz CT molecular complexity index is 431. The number of nitrogens with one attached hydrogen (secondary N) is 2. The number of aromatic nitrogens is 2. The van der Waals surface area contributed by atoms with Crippen molar-refractivity contribution in [3.05, 3.63) is 11.7 Å². The number of guanidine groups is 1. The molecule has 0 bridgehead atoms. The summed E-state index contributed by atoms with van der Waals surface area (Å²) in [7, 11) is 1.77. The van der Waals surface area contributed by atoms with Crippen molar-refractivity contribution in [2.75, 3.05) is 33.4 Å². The molecule has 1 heterocycles. The minimum absolute atomic E-state index is 0.588. The van der Waals surface area contributed by atoms with Gasteiger partial charge in [0.05, 0.1) is 0 Å². The molecule has 2 N–H and O–H groups in total. The van der Waals surface area contributed by atoms with Crippen LogP contribution in [0.2, 0.25) is 0 Å². The number of hydrogen-bond donors (Lipinski definition) is 2. The van der Waals surface area contributed by atoms with Gasteiger partial charge in [0.25, 0.3) is 0 Å². The number of nitrogens with zero attached hydrogens (tertiary/aromatic N) is 3. The molecule has 7 nitrogen and oxygen atoms in total. The third-order valence-corrected chi connectivity index (χ3v) is 2.86. The molecule has 0 unspecified atom stereocenters. The zero-order valence-corrected chi connectivity index (χ0v) is 14.2. The van der Waals surface area contributed by atoms with Crippen LogP contribution in [0.4, 0.5) is 0 Å². The van der Waals surface area contributed by atoms with E-state index in [9.17, 15) is 0 Å². The van der Waals surface area contributed by atoms with Crippen LogP contribution in [0.5, 0.6) is 0 Å². The van der Waals surface area contributed by atoms with Crippen LogP contribution in [0.1, 0.15) is 38.4 Å². The highest BCUT2D eigenvalue weighted by molar-refractivity contribution is 5.79. The number of aryl methyl sites for hydroxylation is 2. The first-order chi connectivity index (χ1) is 10.6. The first kappa shape index (κ1) is 18.4. The van der Waals surface area contributed by atoms with Crippen LogP contribution in [-0.4, -0.2) is 49.5 Å². The van der Waals surface area contributed by atoms with Crippen LogP contribution in [0.25, 0.3) is 0 Å². The van der Waals surface area contributed by atoms with E-state index in [1.54, 1.807) is 7.05 Å². The number of aliphatic imine (C=N–C) groups is 1. The molecular formula is C15H29N5O2. The summed E-state index contributed by atoms with van der Waals surface area (Å²) in [5.41, 5.74) is 0. The summed E-state index contributed by atoms with van der Waals surface area (Å²) in [5, 5.41) is 10.3. The van der Waals surface area contributed by atoms with Gasteiger partial charge in [-0.2, -0.15) is 4.98 Å². The van der Waals surface area contributed by atoms with Crippen molar-refractivity contribution < 1.29 is 9.26 Å². The summed E-state index contributed by atoms with van der Waals surface area (Å²) in [5.74, 6) is 2.76. The Morgan fingerprint density at radius 3 is 2.59 bits per heavy atom. The smallest absolute Gasteiger partial charge is 0.226 e. The third kappa shape index (κ3) is 8.61. The molecular weight excluding hydrogens is 282 g/mol. The quantitative estimate of drug-likeness (QED) is 0.387. The van der Waals surface area contributed by atoms with Gasteiger partial charge >= 0.3 is 0 Å². The fraction of sp³-hybridized carbons (Fsp3) is 0.800. The van der Waals surface area contributed by atoms with Crippen LogP contribution >= 0.6 is 0 Å². The van der Waals surface area contributed by atoms with Crippen molar-refractivity contribution in [3.8, 4) is 0 Å². The Labute approximate surface area is 132 Å². The number of ether oxygens (including phenoxy) is 1. The summed E-state index contributed by atoms with van der Waals surface area (Å²) in [4.78, 5) is 8.36. The molecule has 126 valence electrons. The first-order valence-corrected chi connectivity index (χ1v) is 7.93. The van der Waals surface area contributed by atoms with Gasteiger partial charge in [-0.1, -0.05) is 19.0 Å². The minimum Gasteiger partial charge on any atom is -0.381 e. The molecule has 1 rings (SSSR count). The lowest BCUT2D eigenvalue weighted by Gasteiger charge is -2.12. The fourth-order valence-electron chi connectivity index (χ4n) is 1.81. The summed E-state index contributed by atoms with van der Waals surface area (Å²) in [6.45, 7) is 9.38. The molecule has 1 aromatic heterocycles. The first-order valence-electron chi connectivity index (χ1n) is 7.93. The maximum absolute atomic E-state index is 5.54. The molecule has 0 atom stereocenters. The Morgan fingerprint density at radius 2 is 2.00 bits per heavy atom. The van der Waals surface area contributed by atoms with Gasteiger partial charge in [0.1, 0.15) is 0 Å². The molecule has 22 heavy (non-hydrogen) atoms. The highest BCUT2D eigenvalue weighted by atomic mass is 16.5. The highest BCUT2D eigenvalue weighted by Crippen LogP contribution is 1.99. The molecule has 0 saturated heterocycles. The van der Waals surface area contributed by atoms with Gasteiger partial charge in [-0.05, 0) is 25.7 Å². The molecule has 0 aliphatic heterocycles. The molecule has 0 aromatic carbocycles. The summed E-state index contributed by atoms with van der Waals surface area (Å²) in [6, 6.07) is 0. The summed E-state index contributed by atoms with van der Waals surface area (Å²) in [6.07, 6.45) is 2.66. The van der Waals surface area contributed by atoms with Gasteiger partial charge in [0.15, 0.2) is 11.8 Å². The van der Waals surface area contributed by atoms with E-state index >= 15 is 0 Å². The Morgan fingerprint density at radius 1 is 1.27 bits per heavy atom. The number of rotatable bonds is 10. The van der Waals surface area contributed by atoms with Crippen molar-refractivity contribution in [3.63, 3.8) is 0 Å². The van der Waals surface area contributed by atoms with Crippen molar-refractivity contribution in [1.82, 2.24) is 20.8 Å². The van der Waals surface area contributed by atoms with E-state index in [0.717, 1.165) is 51.5 Å². The molecule has 0 radical (unpaired) electrons. The van der Waals surface area contributed by atoms with Gasteiger partial charge in [-0.3, -0.25) is 4.99 Å². The molecule has 0 fully saturated rings. The van der Waals surface area contributed by atoms with E-state index in [4.69, 9.17) is 9.26 Å². The normalized spacial score (nSPS) is 12.0. The predicted octanol–water partition coefficient (Wildman–Crippen LogP) is 1.54. The van der Waals surface area contributed by atoms with Crippen molar-refractivity contribution in [2.45, 2.75) is 40.0 Å². The van der Waals surface area contributed by atoms with E-state index in [1.807, 2.05) is 6.92 Å². The average molecular weight is 311 g/mol. The molecule has 1 aromatic rings. The molecule has 0 saturated carbocycles. The molecule has 0 amide bonds. The second kappa shape index (κ2) is 11.0. The Kier molecular flexibility index (Phi) is 9.21. The van der Waals surface area contributed by atoms with Gasteiger partial charge in [-0.15, -0.1) is 0 Å². The van der Waals surface area contributed by atoms with Gasteiger partial charge in [-0.25, -0.2) is 0 Å². The second-order valence-corrected chi connectivity index (χ2v) is 5.59. The Balaban J connectivity index is 2.02. The standard InChI is InChI=1S/C15H29N5O2/c1-12(2)11-21-10-6-9-18-15(16-4)17-8-5-7-14-19-13(3)20-22-14/h12H,5-11H2,1-4H3,(H2,16,17,18). The highest BCUT2D eigenvalue weighted by Gasteiger charge is 2.02. The topological polar surface area (TPSA) is 84.6 Å². The summed E-state index contributed by atoms with van der Waals surface area (Å²) < 4.78 is 10.6. The maximum atomic E-state index is 5.54. The SMILES string of the molecule is CN=C(NCCCOCC(C)C)NCCCc1nc(C)no1. The summed E-state index contributed by atoms with van der Waals surface area (Å²) >= 11 is 0. The van der Waals surface area contributed by atoms with Crippen LogP contribution in [0.15, 0.2) is 9.52 Å². The molecule has 0 aliphatic carbocycles. The average Bonchev–Trinajstić information content (AvgIpc) is 2.90. The largest absolute Gasteiger partial charge is 0.381 e. The lowest BCUT2D eigenvalue weighted by molar-refractivity contribution is 0.108. The Hall–Kier alpha value is -1.63. The van der Waals surface area contributed by atoms with Gasteiger partial charge < -0.3 is 19.9 Å². The monoisotopic (exact) mass is 311 g/mol. The third-order valence-electron chi connectivity index (χ3n) is 2.86. The van der Waals surface area contributed by atoms with E-state index in [1.165, 1.54) is 0 Å². The van der Waals surface area contributed by atoms with Crippen LogP contribution < -0.4 is 10.6 Å². The number of hydrogen-bond acceptors (Lipinski definition) is 5. The van der Waals surface area contributed by atoms with E-state index < -0.39 is 0 Å². The zero-order chi connectivity index (χ0) is 16.2. The zero-order valence-electron chi connectivity index (χ0n) is 14.2. The van der Waals surface area contributed by atoms with E-state index in [0.29, 0.717) is 17.6 Å². The van der Waals surface area contributed by atoms with E-state index in [-0.39, 0.29) is 0 Å². The van der Waals surface area contributed by atoms with Crippen molar-refractivity contribution in [2.24, 2.45) is 10.9 Å². The lowest BCUT2D eigenvalue weighted by atomic mass is 10.2. The van der Waals surface area contributed by atoms with Crippen LogP contribution in [0, 0.1) is 12.8 Å². The fourth-order valence-corrected chi connectivity index (χ4v) is 1.81. The second-order valence-electron chi connectivity index (χ2n) is 5.59. The van der Waals surface area contributed by atoms with Crippen LogP contribution in [-0.2, 0) is 11.2 Å². The van der Waals surface area contributed by atoms with Crippen molar-refractivity contribution in [1.29, 1.82) is 0 Å². The van der Waals surface area contributed by atoms with Crippen molar-refractivity contribution >= 4 is 5.96 Å². The predicted molar refractivity (Wildman–Crippen MR) is 87.0 cm³/mol. The molecule has 7 heteroatoms. The maximum Gasteiger partial charge on any atom is 0.226 e. The lowest BCUT2D eigenvalue weighted by Crippen LogP contribution is -2.38. The minimum atomic E-state index is 0.588. The van der Waals surface area contributed by atoms with E-state index in [2.05, 4.69) is 39.6 Å². The van der Waals surface area contributed by atoms with Crippen LogP contribution in [0.3, 0.4) is 0 Å². The van der Waals surface area contributed by atoms with Gasteiger partial charge in [0.2, 0.25) is 5.89 Å². The molecule has 0 spiro atoms.